The maximum absolute atomic E-state index is 11.4. The standard InChI is InChI=1S/C44H52N2O6S2/c1-33(43(2,3)41-36-22-13-11-20-34(36)25-27-38(41)45-29-15-17-31-53(47,48)49)19-9-7-6-8-10-24-40-44(4,5)42-37-23-14-12-21-35(37)26-28-39(42)46(40)30-16-18-32-54(50,51)52/h6-14,19-28,45H,1,15-18,29-32H2,2-5H3,(H,47,48,49)(H,50,51,52). The second-order valence-electron chi connectivity index (χ2n) is 14.9. The Morgan fingerprint density at radius 2 is 1.33 bits per heavy atom. The van der Waals surface area contributed by atoms with E-state index in [-0.39, 0.29) is 16.9 Å². The largest absolute Gasteiger partial charge is 0.385 e. The molecule has 5 rings (SSSR count). The topological polar surface area (TPSA) is 124 Å². The zero-order valence-electron chi connectivity index (χ0n) is 31.6. The molecular weight excluding hydrogens is 717 g/mol. The Labute approximate surface area is 321 Å². The van der Waals surface area contributed by atoms with Gasteiger partial charge in [0.05, 0.1) is 11.5 Å². The van der Waals surface area contributed by atoms with Gasteiger partial charge in [0.2, 0.25) is 0 Å². The average Bonchev–Trinajstić information content (AvgIpc) is 3.33. The zero-order valence-corrected chi connectivity index (χ0v) is 33.3. The van der Waals surface area contributed by atoms with Crippen LogP contribution in [0.15, 0.2) is 133 Å². The highest BCUT2D eigenvalue weighted by molar-refractivity contribution is 7.86. The summed E-state index contributed by atoms with van der Waals surface area (Å²) in [6.45, 7) is 14.4. The Morgan fingerprint density at radius 3 is 2.02 bits per heavy atom. The maximum atomic E-state index is 11.4. The third-order valence-electron chi connectivity index (χ3n) is 10.3. The molecule has 0 saturated heterocycles. The molecule has 4 aromatic carbocycles. The number of benzene rings is 4. The molecule has 54 heavy (non-hydrogen) atoms. The first kappa shape index (κ1) is 40.7. The molecule has 0 radical (unpaired) electrons. The first-order chi connectivity index (χ1) is 25.5. The van der Waals surface area contributed by atoms with Crippen molar-refractivity contribution in [1.82, 2.24) is 0 Å². The Hall–Kier alpha value is -4.48. The summed E-state index contributed by atoms with van der Waals surface area (Å²) in [5.74, 6) is -0.506. The second kappa shape index (κ2) is 16.9. The van der Waals surface area contributed by atoms with Crippen molar-refractivity contribution in [2.45, 2.75) is 64.2 Å². The highest BCUT2D eigenvalue weighted by Crippen LogP contribution is 2.51. The average molecular weight is 769 g/mol. The van der Waals surface area contributed by atoms with Gasteiger partial charge in [-0.2, -0.15) is 16.8 Å². The molecule has 0 saturated carbocycles. The predicted octanol–water partition coefficient (Wildman–Crippen LogP) is 9.92. The van der Waals surface area contributed by atoms with Crippen LogP contribution >= 0.6 is 0 Å². The molecule has 3 N–H and O–H groups in total. The Bertz CT molecular complexity index is 2350. The van der Waals surface area contributed by atoms with Crippen molar-refractivity contribution in [3.8, 4) is 0 Å². The van der Waals surface area contributed by atoms with E-state index in [9.17, 15) is 21.4 Å². The van der Waals surface area contributed by atoms with E-state index >= 15 is 0 Å². The van der Waals surface area contributed by atoms with E-state index in [4.69, 9.17) is 4.55 Å². The van der Waals surface area contributed by atoms with Gasteiger partial charge in [-0.25, -0.2) is 0 Å². The molecule has 4 aromatic rings. The number of hydrogen-bond acceptors (Lipinski definition) is 6. The van der Waals surface area contributed by atoms with Crippen LogP contribution in [-0.2, 0) is 31.1 Å². The van der Waals surface area contributed by atoms with Crippen LogP contribution in [0.4, 0.5) is 11.4 Å². The number of nitrogens with one attached hydrogen (secondary N) is 1. The molecule has 0 atom stereocenters. The molecular formula is C44H52N2O6S2. The molecule has 1 aliphatic heterocycles. The van der Waals surface area contributed by atoms with E-state index in [0.29, 0.717) is 38.8 Å². The minimum absolute atomic E-state index is 0.252. The van der Waals surface area contributed by atoms with Crippen LogP contribution in [0.5, 0.6) is 0 Å². The maximum Gasteiger partial charge on any atom is 0.264 e. The number of hydrogen-bond donors (Lipinski definition) is 3. The molecule has 0 bridgehead atoms. The van der Waals surface area contributed by atoms with Gasteiger partial charge in [0.15, 0.2) is 0 Å². The van der Waals surface area contributed by atoms with E-state index in [1.807, 2.05) is 54.7 Å². The summed E-state index contributed by atoms with van der Waals surface area (Å²) in [4.78, 5) is 2.28. The highest BCUT2D eigenvalue weighted by atomic mass is 32.2. The zero-order chi connectivity index (χ0) is 39.1. The van der Waals surface area contributed by atoms with E-state index in [2.05, 4.69) is 105 Å². The summed E-state index contributed by atoms with van der Waals surface area (Å²) in [5, 5.41) is 8.11. The lowest BCUT2D eigenvalue weighted by Gasteiger charge is -2.31. The molecule has 0 aromatic heterocycles. The molecule has 0 amide bonds. The fourth-order valence-corrected chi connectivity index (χ4v) is 8.57. The quantitative estimate of drug-likeness (QED) is 0.0551. The summed E-state index contributed by atoms with van der Waals surface area (Å²) >= 11 is 0. The van der Waals surface area contributed by atoms with Crippen molar-refractivity contribution in [3.05, 3.63) is 144 Å². The molecule has 1 aliphatic rings. The molecule has 1 heterocycles. The third kappa shape index (κ3) is 9.78. The number of unbranched alkanes of at least 4 members (excludes halogenated alkanes) is 2. The smallest absolute Gasteiger partial charge is 0.264 e. The predicted molar refractivity (Wildman–Crippen MR) is 226 cm³/mol. The van der Waals surface area contributed by atoms with Gasteiger partial charge in [-0.3, -0.25) is 9.11 Å². The highest BCUT2D eigenvalue weighted by Gasteiger charge is 2.40. The van der Waals surface area contributed by atoms with Crippen LogP contribution in [0.1, 0.15) is 64.5 Å². The van der Waals surface area contributed by atoms with Gasteiger partial charge in [0.25, 0.3) is 20.2 Å². The minimum Gasteiger partial charge on any atom is -0.385 e. The van der Waals surface area contributed by atoms with Gasteiger partial charge in [0, 0.05) is 41.0 Å². The summed E-state index contributed by atoms with van der Waals surface area (Å²) in [6.07, 6.45) is 16.1. The molecule has 286 valence electrons. The van der Waals surface area contributed by atoms with Crippen LogP contribution in [0.2, 0.25) is 0 Å². The normalized spacial score (nSPS) is 15.7. The van der Waals surface area contributed by atoms with Crippen LogP contribution in [0.25, 0.3) is 21.5 Å². The Balaban J connectivity index is 1.32. The lowest BCUT2D eigenvalue weighted by molar-refractivity contribution is 0.478. The fourth-order valence-electron chi connectivity index (χ4n) is 7.44. The van der Waals surface area contributed by atoms with E-state index in [1.165, 1.54) is 16.3 Å². The summed E-state index contributed by atoms with van der Waals surface area (Å²) in [5.41, 5.74) is 5.73. The van der Waals surface area contributed by atoms with Crippen molar-refractivity contribution in [2.24, 2.45) is 0 Å². The summed E-state index contributed by atoms with van der Waals surface area (Å²) < 4.78 is 63.4. The van der Waals surface area contributed by atoms with Crippen molar-refractivity contribution in [1.29, 1.82) is 0 Å². The van der Waals surface area contributed by atoms with Gasteiger partial charge >= 0.3 is 0 Å². The second-order valence-corrected chi connectivity index (χ2v) is 18.1. The summed E-state index contributed by atoms with van der Waals surface area (Å²) in [7, 11) is -7.98. The number of nitrogens with zero attached hydrogens (tertiary/aromatic N) is 1. The Kier molecular flexibility index (Phi) is 12.7. The van der Waals surface area contributed by atoms with Gasteiger partial charge in [-0.1, -0.05) is 131 Å². The van der Waals surface area contributed by atoms with Crippen LogP contribution in [0.3, 0.4) is 0 Å². The van der Waals surface area contributed by atoms with Gasteiger partial charge in [-0.05, 0) is 82.1 Å². The molecule has 10 heteroatoms. The lowest BCUT2D eigenvalue weighted by atomic mass is 9.75. The number of anilines is 2. The SMILES string of the molecule is C=C(C=CC=CC=CC=C1N(CCCCS(=O)(=O)O)c2ccc3ccccc3c2C1(C)C)C(C)(C)c1c(NCCCCS(=O)(=O)O)ccc2ccccc12. The van der Waals surface area contributed by atoms with Crippen molar-refractivity contribution < 1.29 is 25.9 Å². The van der Waals surface area contributed by atoms with Gasteiger partial charge in [-0.15, -0.1) is 0 Å². The van der Waals surface area contributed by atoms with Crippen LogP contribution in [-0.4, -0.2) is 50.5 Å². The van der Waals surface area contributed by atoms with Crippen molar-refractivity contribution in [3.63, 3.8) is 0 Å². The van der Waals surface area contributed by atoms with Crippen molar-refractivity contribution >= 4 is 53.2 Å². The van der Waals surface area contributed by atoms with Crippen molar-refractivity contribution in [2.75, 3.05) is 34.8 Å². The molecule has 0 spiro atoms. The first-order valence-corrected chi connectivity index (χ1v) is 21.6. The minimum atomic E-state index is -4.01. The monoisotopic (exact) mass is 768 g/mol. The molecule has 0 unspecified atom stereocenters. The van der Waals surface area contributed by atoms with Gasteiger partial charge < -0.3 is 10.2 Å². The molecule has 0 fully saturated rings. The fraction of sp³-hybridized carbons (Fsp3) is 0.318. The summed E-state index contributed by atoms with van der Waals surface area (Å²) in [6, 6.07) is 25.0. The van der Waals surface area contributed by atoms with Gasteiger partial charge in [0.1, 0.15) is 0 Å². The lowest BCUT2D eigenvalue weighted by Crippen LogP contribution is -2.27. The molecule has 8 nitrogen and oxygen atoms in total. The third-order valence-corrected chi connectivity index (χ3v) is 11.9. The Morgan fingerprint density at radius 1 is 0.759 bits per heavy atom. The first-order valence-electron chi connectivity index (χ1n) is 18.4. The van der Waals surface area contributed by atoms with E-state index < -0.39 is 25.7 Å². The van der Waals surface area contributed by atoms with E-state index in [1.54, 1.807) is 0 Å². The number of allylic oxidation sites excluding steroid dienone is 9. The number of fused-ring (bicyclic) bond motifs is 4. The number of rotatable bonds is 17. The molecule has 0 aliphatic carbocycles. The van der Waals surface area contributed by atoms with E-state index in [0.717, 1.165) is 39.0 Å². The van der Waals surface area contributed by atoms with Crippen LogP contribution < -0.4 is 10.2 Å². The van der Waals surface area contributed by atoms with Crippen LogP contribution in [0, 0.1) is 0 Å².